The molecule has 1 aromatic rings. The zero-order valence-corrected chi connectivity index (χ0v) is 25.4. The van der Waals surface area contributed by atoms with E-state index in [1.165, 1.54) is 14.2 Å². The number of rotatable bonds is 17. The van der Waals surface area contributed by atoms with Crippen LogP contribution in [0.1, 0.15) is 93.5 Å². The number of aliphatic hydroxyl groups is 1. The second-order valence-electron chi connectivity index (χ2n) is 11.0. The largest absolute Gasteiger partial charge is 0.466 e. The van der Waals surface area contributed by atoms with Gasteiger partial charge in [0.1, 0.15) is 11.5 Å². The van der Waals surface area contributed by atoms with Crippen LogP contribution in [0.15, 0.2) is 17.7 Å². The number of hydrogen-bond donors (Lipinski definition) is 1. The SMILES string of the molecule is CC/C=C(\CO)[C@H]1C[C@H]([C@H](CCC)C(=O)c2cc(CC(C)C)c(OCOC)c(C=O)c2OCOC)OC(C)(C)O1. The number of Topliss-reactive ketones (excluding diaryl/α,β-unsaturated/α-hetero) is 1. The van der Waals surface area contributed by atoms with Crippen LogP contribution in [0, 0.1) is 11.8 Å². The topological polar surface area (TPSA) is 110 Å². The number of ketones is 1. The molecular formula is C31H48O9. The standard InChI is InChI=1S/C31H48O9/c1-9-11-21(16-32)26-15-27(40-31(5,6)39-26)23(12-10-2)28(34)24-14-22(13-20(3)4)29(37-18-35-7)25(17-33)30(24)38-19-36-8/h11,14,17,20,23,26-27,32H,9-10,12-13,15-16,18-19H2,1-8H3/b21-11+/t23-,26+,27+/m0/s1. The first kappa shape index (κ1) is 33.9. The summed E-state index contributed by atoms with van der Waals surface area (Å²) in [5, 5.41) is 10.0. The predicted octanol–water partition coefficient (Wildman–Crippen LogP) is 5.50. The molecule has 0 amide bonds. The molecule has 1 aliphatic rings. The molecule has 0 radical (unpaired) electrons. The van der Waals surface area contributed by atoms with Gasteiger partial charge in [0.15, 0.2) is 31.4 Å². The van der Waals surface area contributed by atoms with E-state index < -0.39 is 17.8 Å². The minimum absolute atomic E-state index is 0.0632. The molecule has 0 aromatic heterocycles. The van der Waals surface area contributed by atoms with Gasteiger partial charge in [-0.15, -0.1) is 0 Å². The van der Waals surface area contributed by atoms with E-state index >= 15 is 0 Å². The van der Waals surface area contributed by atoms with Crippen molar-refractivity contribution in [3.8, 4) is 11.5 Å². The molecule has 3 atom stereocenters. The molecule has 226 valence electrons. The van der Waals surface area contributed by atoms with Crippen LogP contribution in [0.4, 0.5) is 0 Å². The average Bonchev–Trinajstić information content (AvgIpc) is 2.90. The van der Waals surface area contributed by atoms with E-state index in [2.05, 4.69) is 13.8 Å². The van der Waals surface area contributed by atoms with Crippen molar-refractivity contribution in [3.05, 3.63) is 34.4 Å². The Hall–Kier alpha value is -2.30. The lowest BCUT2D eigenvalue weighted by atomic mass is 9.82. The first-order valence-corrected chi connectivity index (χ1v) is 14.1. The fourth-order valence-electron chi connectivity index (χ4n) is 5.24. The summed E-state index contributed by atoms with van der Waals surface area (Å²) in [6.07, 6.45) is 4.78. The van der Waals surface area contributed by atoms with Gasteiger partial charge in [0.05, 0.1) is 29.9 Å². The van der Waals surface area contributed by atoms with Gasteiger partial charge < -0.3 is 33.5 Å². The maximum atomic E-state index is 14.4. The van der Waals surface area contributed by atoms with Crippen LogP contribution in [0.25, 0.3) is 0 Å². The van der Waals surface area contributed by atoms with Gasteiger partial charge in [-0.3, -0.25) is 9.59 Å². The van der Waals surface area contributed by atoms with Crippen LogP contribution in [0.5, 0.6) is 11.5 Å². The highest BCUT2D eigenvalue weighted by molar-refractivity contribution is 6.04. The van der Waals surface area contributed by atoms with Gasteiger partial charge in [0.25, 0.3) is 0 Å². The van der Waals surface area contributed by atoms with Crippen molar-refractivity contribution in [2.75, 3.05) is 34.4 Å². The summed E-state index contributed by atoms with van der Waals surface area (Å²) in [7, 11) is 2.97. The Balaban J connectivity index is 2.68. The number of aliphatic hydroxyl groups excluding tert-OH is 1. The van der Waals surface area contributed by atoms with E-state index in [-0.39, 0.29) is 54.9 Å². The first-order chi connectivity index (χ1) is 19.1. The van der Waals surface area contributed by atoms with E-state index in [0.29, 0.717) is 31.3 Å². The monoisotopic (exact) mass is 564 g/mol. The molecule has 1 heterocycles. The van der Waals surface area contributed by atoms with E-state index in [4.69, 9.17) is 28.4 Å². The van der Waals surface area contributed by atoms with Crippen molar-refractivity contribution in [1.29, 1.82) is 0 Å². The zero-order valence-electron chi connectivity index (χ0n) is 25.4. The second kappa shape index (κ2) is 16.2. The van der Waals surface area contributed by atoms with E-state index in [1.54, 1.807) is 6.07 Å². The molecule has 1 aliphatic heterocycles. The molecule has 9 nitrogen and oxygen atoms in total. The highest BCUT2D eigenvalue weighted by Gasteiger charge is 2.43. The Labute approximate surface area is 239 Å². The Morgan fingerprint density at radius 1 is 1.12 bits per heavy atom. The third-order valence-corrected chi connectivity index (χ3v) is 6.75. The van der Waals surface area contributed by atoms with Crippen molar-refractivity contribution in [3.63, 3.8) is 0 Å². The maximum absolute atomic E-state index is 14.4. The molecule has 40 heavy (non-hydrogen) atoms. The lowest BCUT2D eigenvalue weighted by Gasteiger charge is -2.44. The van der Waals surface area contributed by atoms with Crippen LogP contribution in [-0.2, 0) is 25.4 Å². The molecule has 1 N–H and O–H groups in total. The summed E-state index contributed by atoms with van der Waals surface area (Å²) < 4.78 is 34.5. The van der Waals surface area contributed by atoms with E-state index in [9.17, 15) is 14.7 Å². The van der Waals surface area contributed by atoms with Crippen LogP contribution in [0.3, 0.4) is 0 Å². The predicted molar refractivity (Wildman–Crippen MR) is 152 cm³/mol. The molecule has 1 fully saturated rings. The molecule has 1 aromatic carbocycles. The van der Waals surface area contributed by atoms with Crippen molar-refractivity contribution in [2.45, 2.75) is 91.6 Å². The lowest BCUT2D eigenvalue weighted by molar-refractivity contribution is -0.298. The summed E-state index contributed by atoms with van der Waals surface area (Å²) in [5.74, 6) is -1.02. The number of carbonyl (C=O) groups excluding carboxylic acids is 2. The number of benzene rings is 1. The number of aldehydes is 1. The maximum Gasteiger partial charge on any atom is 0.188 e. The van der Waals surface area contributed by atoms with Gasteiger partial charge in [-0.1, -0.05) is 40.2 Å². The van der Waals surface area contributed by atoms with Crippen LogP contribution < -0.4 is 9.47 Å². The van der Waals surface area contributed by atoms with Crippen molar-refractivity contribution in [1.82, 2.24) is 0 Å². The average molecular weight is 565 g/mol. The van der Waals surface area contributed by atoms with Gasteiger partial charge in [-0.2, -0.15) is 0 Å². The first-order valence-electron chi connectivity index (χ1n) is 14.1. The molecule has 0 unspecified atom stereocenters. The van der Waals surface area contributed by atoms with Crippen molar-refractivity contribution >= 4 is 12.1 Å². The third-order valence-electron chi connectivity index (χ3n) is 6.75. The minimum atomic E-state index is -0.966. The summed E-state index contributed by atoms with van der Waals surface area (Å²) in [4.78, 5) is 26.9. The molecule has 9 heteroatoms. The van der Waals surface area contributed by atoms with Crippen LogP contribution in [-0.4, -0.2) is 69.6 Å². The molecular weight excluding hydrogens is 516 g/mol. The van der Waals surface area contributed by atoms with Crippen molar-refractivity contribution < 1.29 is 43.1 Å². The summed E-state index contributed by atoms with van der Waals surface area (Å²) in [6.45, 7) is 11.4. The zero-order chi connectivity index (χ0) is 29.9. The lowest BCUT2D eigenvalue weighted by Crippen LogP contribution is -2.49. The number of allylic oxidation sites excluding steroid dienone is 1. The van der Waals surface area contributed by atoms with Crippen LogP contribution >= 0.6 is 0 Å². The minimum Gasteiger partial charge on any atom is -0.466 e. The Morgan fingerprint density at radius 2 is 1.77 bits per heavy atom. The summed E-state index contributed by atoms with van der Waals surface area (Å²) >= 11 is 0. The molecule has 0 saturated carbocycles. The fraction of sp³-hybridized carbons (Fsp3) is 0.677. The second-order valence-corrected chi connectivity index (χ2v) is 11.0. The highest BCUT2D eigenvalue weighted by Crippen LogP contribution is 2.41. The Kier molecular flexibility index (Phi) is 13.7. The summed E-state index contributed by atoms with van der Waals surface area (Å²) in [5.41, 5.74) is 1.93. The molecule has 0 bridgehead atoms. The molecule has 0 spiro atoms. The fourth-order valence-corrected chi connectivity index (χ4v) is 5.24. The van der Waals surface area contributed by atoms with E-state index in [0.717, 1.165) is 24.0 Å². The van der Waals surface area contributed by atoms with Crippen LogP contribution in [0.2, 0.25) is 0 Å². The van der Waals surface area contributed by atoms with Gasteiger partial charge in [0.2, 0.25) is 0 Å². The number of ether oxygens (including phenoxy) is 6. The highest BCUT2D eigenvalue weighted by atomic mass is 16.7. The normalized spacial score (nSPS) is 19.9. The number of carbonyl (C=O) groups is 2. The smallest absolute Gasteiger partial charge is 0.188 e. The quantitative estimate of drug-likeness (QED) is 0.113. The molecule has 1 saturated heterocycles. The van der Waals surface area contributed by atoms with Gasteiger partial charge in [-0.05, 0) is 56.2 Å². The van der Waals surface area contributed by atoms with E-state index in [1.807, 2.05) is 33.8 Å². The Morgan fingerprint density at radius 3 is 2.30 bits per heavy atom. The molecule has 0 aliphatic carbocycles. The summed E-state index contributed by atoms with van der Waals surface area (Å²) in [6, 6.07) is 1.77. The van der Waals surface area contributed by atoms with Crippen molar-refractivity contribution in [2.24, 2.45) is 11.8 Å². The Bertz CT molecular complexity index is 999. The van der Waals surface area contributed by atoms with Gasteiger partial charge in [0, 0.05) is 26.6 Å². The van der Waals surface area contributed by atoms with Gasteiger partial charge >= 0.3 is 0 Å². The third kappa shape index (κ3) is 8.85. The number of methoxy groups -OCH3 is 2. The molecule has 2 rings (SSSR count). The number of hydrogen-bond acceptors (Lipinski definition) is 9. The van der Waals surface area contributed by atoms with Gasteiger partial charge in [-0.25, -0.2) is 0 Å².